The molecule has 1 aliphatic carbocycles. The number of hydrogen-bond acceptors (Lipinski definition) is 3. The Morgan fingerprint density at radius 1 is 1.08 bits per heavy atom. The first-order valence-corrected chi connectivity index (χ1v) is 9.87. The van der Waals surface area contributed by atoms with Crippen LogP contribution in [-0.4, -0.2) is 35.1 Å². The summed E-state index contributed by atoms with van der Waals surface area (Å²) in [6, 6.07) is 9.22. The van der Waals surface area contributed by atoms with Crippen LogP contribution in [0.5, 0.6) is 0 Å². The third kappa shape index (κ3) is 5.29. The highest BCUT2D eigenvalue weighted by Crippen LogP contribution is 2.25. The molecule has 1 aliphatic heterocycles. The number of aliphatic carboxylic acids is 1. The van der Waals surface area contributed by atoms with Gasteiger partial charge in [-0.2, -0.15) is 0 Å². The first-order chi connectivity index (χ1) is 12.1. The van der Waals surface area contributed by atoms with Gasteiger partial charge in [0, 0.05) is 19.1 Å². The minimum atomic E-state index is -0.625. The Hall–Kier alpha value is -1.39. The molecule has 0 radical (unpaired) electrons. The van der Waals surface area contributed by atoms with Crippen LogP contribution >= 0.6 is 0 Å². The average molecular weight is 344 g/mol. The molecule has 2 aliphatic rings. The lowest BCUT2D eigenvalue weighted by Gasteiger charge is -2.31. The van der Waals surface area contributed by atoms with Crippen molar-refractivity contribution in [1.29, 1.82) is 0 Å². The number of carboxylic acids is 1. The van der Waals surface area contributed by atoms with Gasteiger partial charge >= 0.3 is 5.97 Å². The SMILES string of the molecule is CC1CCN(Cc2ccccc2CNC2CCC(C(=O)O)CC2)CC1. The fraction of sp³-hybridized carbons (Fsp3) is 0.667. The third-order valence-electron chi connectivity index (χ3n) is 6.05. The van der Waals surface area contributed by atoms with Gasteiger partial charge in [0.25, 0.3) is 0 Å². The molecule has 0 atom stereocenters. The molecule has 1 saturated carbocycles. The van der Waals surface area contributed by atoms with Crippen molar-refractivity contribution in [1.82, 2.24) is 10.2 Å². The summed E-state index contributed by atoms with van der Waals surface area (Å²) in [7, 11) is 0. The second-order valence-corrected chi connectivity index (χ2v) is 8.00. The van der Waals surface area contributed by atoms with E-state index in [2.05, 4.69) is 41.4 Å². The molecule has 0 bridgehead atoms. The monoisotopic (exact) mass is 344 g/mol. The topological polar surface area (TPSA) is 52.6 Å². The highest BCUT2D eigenvalue weighted by Gasteiger charge is 2.25. The molecule has 4 heteroatoms. The molecule has 2 N–H and O–H groups in total. The normalized spacial score (nSPS) is 25.8. The zero-order valence-electron chi connectivity index (χ0n) is 15.4. The van der Waals surface area contributed by atoms with Gasteiger partial charge in [0.15, 0.2) is 0 Å². The Morgan fingerprint density at radius 3 is 2.36 bits per heavy atom. The Kier molecular flexibility index (Phi) is 6.49. The van der Waals surface area contributed by atoms with Crippen LogP contribution in [0.25, 0.3) is 0 Å². The summed E-state index contributed by atoms with van der Waals surface area (Å²) in [4.78, 5) is 13.6. The Labute approximate surface area is 151 Å². The van der Waals surface area contributed by atoms with Crippen molar-refractivity contribution in [3.05, 3.63) is 35.4 Å². The summed E-state index contributed by atoms with van der Waals surface area (Å²) in [5.41, 5.74) is 2.82. The van der Waals surface area contributed by atoms with E-state index < -0.39 is 5.97 Å². The largest absolute Gasteiger partial charge is 0.481 e. The van der Waals surface area contributed by atoms with Gasteiger partial charge in [-0.15, -0.1) is 0 Å². The van der Waals surface area contributed by atoms with Crippen molar-refractivity contribution in [3.63, 3.8) is 0 Å². The van der Waals surface area contributed by atoms with Crippen LogP contribution in [0.3, 0.4) is 0 Å². The predicted molar refractivity (Wildman–Crippen MR) is 100 cm³/mol. The van der Waals surface area contributed by atoms with Gasteiger partial charge in [0.05, 0.1) is 5.92 Å². The fourth-order valence-electron chi connectivity index (χ4n) is 4.14. The predicted octanol–water partition coefficient (Wildman–Crippen LogP) is 3.65. The number of nitrogens with zero attached hydrogens (tertiary/aromatic N) is 1. The van der Waals surface area contributed by atoms with Gasteiger partial charge in [-0.05, 0) is 68.7 Å². The fourth-order valence-corrected chi connectivity index (χ4v) is 4.14. The van der Waals surface area contributed by atoms with E-state index in [1.165, 1.54) is 37.1 Å². The first-order valence-electron chi connectivity index (χ1n) is 9.87. The number of likely N-dealkylation sites (tertiary alicyclic amines) is 1. The number of hydrogen-bond donors (Lipinski definition) is 2. The van der Waals surface area contributed by atoms with Crippen molar-refractivity contribution >= 4 is 5.97 Å². The zero-order chi connectivity index (χ0) is 17.6. The maximum atomic E-state index is 11.1. The number of rotatable bonds is 6. The van der Waals surface area contributed by atoms with Crippen molar-refractivity contribution in [2.24, 2.45) is 11.8 Å². The molecular formula is C21H32N2O2. The van der Waals surface area contributed by atoms with Gasteiger partial charge < -0.3 is 10.4 Å². The number of benzene rings is 1. The third-order valence-corrected chi connectivity index (χ3v) is 6.05. The standard InChI is InChI=1S/C21H32N2O2/c1-16-10-12-23(13-11-16)15-19-5-3-2-4-18(19)14-22-20-8-6-17(7-9-20)21(24)25/h2-5,16-17,20,22H,6-15H2,1H3,(H,24,25). The Balaban J connectivity index is 1.50. The van der Waals surface area contributed by atoms with Crippen LogP contribution < -0.4 is 5.32 Å². The summed E-state index contributed by atoms with van der Waals surface area (Å²) in [6.07, 6.45) is 6.19. The van der Waals surface area contributed by atoms with Gasteiger partial charge in [0.1, 0.15) is 0 Å². The van der Waals surface area contributed by atoms with E-state index in [1.807, 2.05) is 0 Å². The van der Waals surface area contributed by atoms with E-state index in [4.69, 9.17) is 5.11 Å². The summed E-state index contributed by atoms with van der Waals surface area (Å²) in [5.74, 6) is 0.112. The van der Waals surface area contributed by atoms with Crippen molar-refractivity contribution < 1.29 is 9.90 Å². The molecule has 0 unspecified atom stereocenters. The molecule has 0 amide bonds. The quantitative estimate of drug-likeness (QED) is 0.827. The summed E-state index contributed by atoms with van der Waals surface area (Å²) in [6.45, 7) is 6.72. The molecular weight excluding hydrogens is 312 g/mol. The molecule has 0 aromatic heterocycles. The molecule has 0 spiro atoms. The van der Waals surface area contributed by atoms with Gasteiger partial charge in [0.2, 0.25) is 0 Å². The second kappa shape index (κ2) is 8.81. The number of carbonyl (C=O) groups is 1. The van der Waals surface area contributed by atoms with Crippen LogP contribution in [0.1, 0.15) is 56.6 Å². The van der Waals surface area contributed by atoms with E-state index in [1.54, 1.807) is 0 Å². The van der Waals surface area contributed by atoms with E-state index in [-0.39, 0.29) is 5.92 Å². The maximum Gasteiger partial charge on any atom is 0.306 e. The molecule has 3 rings (SSSR count). The van der Waals surface area contributed by atoms with Crippen molar-refractivity contribution in [3.8, 4) is 0 Å². The van der Waals surface area contributed by atoms with Gasteiger partial charge in [-0.25, -0.2) is 0 Å². The van der Waals surface area contributed by atoms with Gasteiger partial charge in [-0.1, -0.05) is 31.2 Å². The minimum Gasteiger partial charge on any atom is -0.481 e. The van der Waals surface area contributed by atoms with E-state index in [0.717, 1.165) is 44.7 Å². The summed E-state index contributed by atoms with van der Waals surface area (Å²) in [5, 5.41) is 12.8. The van der Waals surface area contributed by atoms with E-state index in [9.17, 15) is 4.79 Å². The lowest BCUT2D eigenvalue weighted by Crippen LogP contribution is -2.35. The van der Waals surface area contributed by atoms with Crippen LogP contribution in [0.2, 0.25) is 0 Å². The molecule has 25 heavy (non-hydrogen) atoms. The molecule has 138 valence electrons. The van der Waals surface area contributed by atoms with Gasteiger partial charge in [-0.3, -0.25) is 9.69 Å². The van der Waals surface area contributed by atoms with Crippen LogP contribution in [0, 0.1) is 11.8 Å². The lowest BCUT2D eigenvalue weighted by molar-refractivity contribution is -0.142. The lowest BCUT2D eigenvalue weighted by atomic mass is 9.86. The number of piperidine rings is 1. The Morgan fingerprint density at radius 2 is 1.72 bits per heavy atom. The zero-order valence-corrected chi connectivity index (χ0v) is 15.4. The number of nitrogens with one attached hydrogen (secondary N) is 1. The van der Waals surface area contributed by atoms with E-state index >= 15 is 0 Å². The molecule has 1 heterocycles. The number of carboxylic acid groups (broad SMARTS) is 1. The van der Waals surface area contributed by atoms with Crippen molar-refractivity contribution in [2.75, 3.05) is 13.1 Å². The Bertz CT molecular complexity index is 559. The molecule has 2 fully saturated rings. The van der Waals surface area contributed by atoms with E-state index in [0.29, 0.717) is 6.04 Å². The van der Waals surface area contributed by atoms with Crippen molar-refractivity contribution in [2.45, 2.75) is 64.6 Å². The molecule has 1 aromatic carbocycles. The molecule has 4 nitrogen and oxygen atoms in total. The van der Waals surface area contributed by atoms with Crippen LogP contribution in [0.4, 0.5) is 0 Å². The minimum absolute atomic E-state index is 0.133. The van der Waals surface area contributed by atoms with Crippen LogP contribution in [0.15, 0.2) is 24.3 Å². The highest BCUT2D eigenvalue weighted by atomic mass is 16.4. The van der Waals surface area contributed by atoms with Crippen LogP contribution in [-0.2, 0) is 17.9 Å². The molecule has 1 aromatic rings. The summed E-state index contributed by atoms with van der Waals surface area (Å²) >= 11 is 0. The smallest absolute Gasteiger partial charge is 0.306 e. The average Bonchev–Trinajstić information content (AvgIpc) is 2.63. The summed E-state index contributed by atoms with van der Waals surface area (Å²) < 4.78 is 0. The first kappa shape index (κ1) is 18.4. The second-order valence-electron chi connectivity index (χ2n) is 8.00. The highest BCUT2D eigenvalue weighted by molar-refractivity contribution is 5.70. The molecule has 1 saturated heterocycles. The maximum absolute atomic E-state index is 11.1.